The highest BCUT2D eigenvalue weighted by molar-refractivity contribution is 9.10. The van der Waals surface area contributed by atoms with Gasteiger partial charge in [-0.1, -0.05) is 52.3 Å². The number of carbonyl (C=O) groups is 1. The third-order valence-corrected chi connectivity index (χ3v) is 8.15. The van der Waals surface area contributed by atoms with Gasteiger partial charge in [0.15, 0.2) is 11.6 Å². The Hall–Kier alpha value is -4.32. The van der Waals surface area contributed by atoms with Crippen LogP contribution in [0.3, 0.4) is 0 Å². The van der Waals surface area contributed by atoms with Crippen molar-refractivity contribution in [3.63, 3.8) is 0 Å². The molecule has 1 amide bonds. The number of aliphatic hydroxyl groups excluding tert-OH is 1. The topological polar surface area (TPSA) is 101 Å². The lowest BCUT2D eigenvalue weighted by Gasteiger charge is -2.31. The van der Waals surface area contributed by atoms with E-state index in [1.165, 1.54) is 6.07 Å². The van der Waals surface area contributed by atoms with Crippen molar-refractivity contribution in [1.82, 2.24) is 10.9 Å². The fraction of sp³-hybridized carbons (Fsp3) is 0.235. The quantitative estimate of drug-likeness (QED) is 0.122. The summed E-state index contributed by atoms with van der Waals surface area (Å²) in [6, 6.07) is 25.3. The summed E-state index contributed by atoms with van der Waals surface area (Å²) >= 11 is 3.60. The molecule has 5 rings (SSSR count). The Morgan fingerprint density at radius 1 is 1.00 bits per heavy atom. The molecule has 0 saturated carbocycles. The number of carbonyl (C=O) groups excluding carboxylic acids is 1. The maximum atomic E-state index is 14.3. The second-order valence-corrected chi connectivity index (χ2v) is 11.2. The first-order chi connectivity index (χ1) is 21.8. The SMILES string of the molecule is COc1cccc([C@@H]2OC(c3ccc(OCCCO)cc3)=N[C@]2(Cc2ccccc2Br)C(=O)NNCc2c(F)cccc2F)c1. The number of hydrogen-bond donors (Lipinski definition) is 3. The van der Waals surface area contributed by atoms with Gasteiger partial charge in [-0.2, -0.15) is 0 Å². The van der Waals surface area contributed by atoms with Gasteiger partial charge in [-0.25, -0.2) is 19.2 Å². The molecule has 45 heavy (non-hydrogen) atoms. The second-order valence-electron chi connectivity index (χ2n) is 10.3. The summed E-state index contributed by atoms with van der Waals surface area (Å²) < 4.78 is 47.1. The van der Waals surface area contributed by atoms with Gasteiger partial charge in [-0.05, 0) is 65.7 Å². The van der Waals surface area contributed by atoms with Gasteiger partial charge in [0.1, 0.15) is 23.1 Å². The molecule has 4 aromatic rings. The van der Waals surface area contributed by atoms with E-state index in [0.717, 1.165) is 22.2 Å². The van der Waals surface area contributed by atoms with Crippen molar-refractivity contribution in [3.8, 4) is 11.5 Å². The van der Waals surface area contributed by atoms with Crippen molar-refractivity contribution in [1.29, 1.82) is 0 Å². The number of aliphatic imine (C=N–C) groups is 1. The van der Waals surface area contributed by atoms with Gasteiger partial charge in [-0.3, -0.25) is 10.2 Å². The first-order valence-electron chi connectivity index (χ1n) is 14.3. The molecule has 8 nitrogen and oxygen atoms in total. The highest BCUT2D eigenvalue weighted by Gasteiger charge is 2.53. The Morgan fingerprint density at radius 2 is 1.73 bits per heavy atom. The van der Waals surface area contributed by atoms with E-state index in [9.17, 15) is 13.6 Å². The summed E-state index contributed by atoms with van der Waals surface area (Å²) in [5.74, 6) is -0.632. The van der Waals surface area contributed by atoms with Crippen molar-refractivity contribution >= 4 is 27.7 Å². The van der Waals surface area contributed by atoms with Crippen LogP contribution in [-0.4, -0.2) is 42.8 Å². The molecule has 0 fully saturated rings. The number of aliphatic hydroxyl groups is 1. The predicted molar refractivity (Wildman–Crippen MR) is 169 cm³/mol. The fourth-order valence-corrected chi connectivity index (χ4v) is 5.47. The molecular formula is C34H32BrF2N3O5. The van der Waals surface area contributed by atoms with Crippen LogP contribution in [0.25, 0.3) is 0 Å². The van der Waals surface area contributed by atoms with Crippen LogP contribution in [0.5, 0.6) is 11.5 Å². The molecule has 11 heteroatoms. The molecule has 0 saturated heterocycles. The summed E-state index contributed by atoms with van der Waals surface area (Å²) in [6.45, 7) is 0.0960. The molecule has 0 aliphatic carbocycles. The maximum Gasteiger partial charge on any atom is 0.266 e. The number of nitrogens with one attached hydrogen (secondary N) is 2. The number of nitrogens with zero attached hydrogens (tertiary/aromatic N) is 1. The van der Waals surface area contributed by atoms with Gasteiger partial charge in [-0.15, -0.1) is 0 Å². The Bertz CT molecular complexity index is 1650. The Balaban J connectivity index is 1.55. The lowest BCUT2D eigenvalue weighted by atomic mass is 9.82. The van der Waals surface area contributed by atoms with Crippen molar-refractivity contribution in [2.24, 2.45) is 4.99 Å². The van der Waals surface area contributed by atoms with Crippen LogP contribution in [0.2, 0.25) is 0 Å². The number of benzene rings is 4. The highest BCUT2D eigenvalue weighted by Crippen LogP contribution is 2.44. The molecule has 1 aliphatic rings. The van der Waals surface area contributed by atoms with Crippen LogP contribution in [0.1, 0.15) is 34.8 Å². The van der Waals surface area contributed by atoms with E-state index in [1.54, 1.807) is 49.6 Å². The molecule has 0 unspecified atom stereocenters. The molecule has 234 valence electrons. The molecule has 4 aromatic carbocycles. The number of halogens is 3. The molecule has 0 aromatic heterocycles. The number of ether oxygens (including phenoxy) is 3. The van der Waals surface area contributed by atoms with Gasteiger partial charge in [0.25, 0.3) is 5.91 Å². The van der Waals surface area contributed by atoms with Crippen molar-refractivity contribution < 1.29 is 32.9 Å². The van der Waals surface area contributed by atoms with Crippen LogP contribution in [0.15, 0.2) is 100 Å². The van der Waals surface area contributed by atoms with Crippen LogP contribution < -0.4 is 20.3 Å². The lowest BCUT2D eigenvalue weighted by Crippen LogP contribution is -2.53. The van der Waals surface area contributed by atoms with E-state index in [2.05, 4.69) is 26.8 Å². The Morgan fingerprint density at radius 3 is 2.44 bits per heavy atom. The van der Waals surface area contributed by atoms with E-state index >= 15 is 0 Å². The average Bonchev–Trinajstić information content (AvgIpc) is 3.44. The number of hydrogen-bond acceptors (Lipinski definition) is 7. The molecule has 0 radical (unpaired) electrons. The van der Waals surface area contributed by atoms with Gasteiger partial charge in [0.05, 0.1) is 13.7 Å². The van der Waals surface area contributed by atoms with Gasteiger partial charge < -0.3 is 19.3 Å². The van der Waals surface area contributed by atoms with E-state index in [0.29, 0.717) is 35.7 Å². The normalized spacial score (nSPS) is 17.4. The number of methoxy groups -OCH3 is 1. The zero-order valence-corrected chi connectivity index (χ0v) is 26.0. The molecule has 2 atom stereocenters. The van der Waals surface area contributed by atoms with E-state index in [1.807, 2.05) is 30.3 Å². The zero-order valence-electron chi connectivity index (χ0n) is 24.4. The second kappa shape index (κ2) is 14.6. The van der Waals surface area contributed by atoms with Gasteiger partial charge >= 0.3 is 0 Å². The first-order valence-corrected chi connectivity index (χ1v) is 15.1. The summed E-state index contributed by atoms with van der Waals surface area (Å²) in [5.41, 5.74) is 5.60. The first kappa shape index (κ1) is 32.1. The predicted octanol–water partition coefficient (Wildman–Crippen LogP) is 5.82. The number of amides is 1. The molecule has 0 bridgehead atoms. The van der Waals surface area contributed by atoms with Crippen molar-refractivity contribution in [2.45, 2.75) is 31.0 Å². The fourth-order valence-electron chi connectivity index (χ4n) is 5.04. The van der Waals surface area contributed by atoms with Crippen molar-refractivity contribution in [2.75, 3.05) is 20.3 Å². The zero-order chi connectivity index (χ0) is 31.8. The van der Waals surface area contributed by atoms with E-state index in [-0.39, 0.29) is 31.0 Å². The summed E-state index contributed by atoms with van der Waals surface area (Å²) in [6.07, 6.45) is -0.296. The summed E-state index contributed by atoms with van der Waals surface area (Å²) in [5, 5.41) is 9.04. The molecule has 0 spiro atoms. The third-order valence-electron chi connectivity index (χ3n) is 7.37. The lowest BCUT2D eigenvalue weighted by molar-refractivity contribution is -0.130. The minimum absolute atomic E-state index is 0.0279. The number of rotatable bonds is 13. The standard InChI is InChI=1S/C34H32BrF2N3O5/c1-43-26-9-4-8-23(19-26)31-34(20-24-7-2-3-10-28(24)35,33(42)40-38-21-27-29(36)11-5-12-30(27)37)39-32(45-31)22-13-15-25(16-14-22)44-18-6-17-41/h2-5,7-16,19,31,38,41H,6,17-18,20-21H2,1H3,(H,40,42)/t31-,34-/m0/s1. The van der Waals surface area contributed by atoms with Crippen LogP contribution in [0.4, 0.5) is 8.78 Å². The summed E-state index contributed by atoms with van der Waals surface area (Å²) in [7, 11) is 1.55. The smallest absolute Gasteiger partial charge is 0.266 e. The third kappa shape index (κ3) is 7.33. The molecule has 3 N–H and O–H groups in total. The van der Waals surface area contributed by atoms with E-state index < -0.39 is 29.2 Å². The highest BCUT2D eigenvalue weighted by atomic mass is 79.9. The van der Waals surface area contributed by atoms with Crippen LogP contribution >= 0.6 is 15.9 Å². The maximum absolute atomic E-state index is 14.3. The molecular weight excluding hydrogens is 648 g/mol. The van der Waals surface area contributed by atoms with Gasteiger partial charge in [0, 0.05) is 41.6 Å². The average molecular weight is 681 g/mol. The monoisotopic (exact) mass is 679 g/mol. The minimum Gasteiger partial charge on any atom is -0.497 e. The van der Waals surface area contributed by atoms with Gasteiger partial charge in [0.2, 0.25) is 5.90 Å². The molecule has 1 aliphatic heterocycles. The van der Waals surface area contributed by atoms with Crippen LogP contribution in [-0.2, 0) is 22.5 Å². The van der Waals surface area contributed by atoms with Crippen molar-refractivity contribution in [3.05, 3.63) is 129 Å². The molecule has 1 heterocycles. The number of hydrazine groups is 1. The minimum atomic E-state index is -1.57. The largest absolute Gasteiger partial charge is 0.497 e. The Kier molecular flexibility index (Phi) is 10.4. The van der Waals surface area contributed by atoms with E-state index in [4.69, 9.17) is 24.3 Å². The summed E-state index contributed by atoms with van der Waals surface area (Å²) in [4.78, 5) is 19.3. The van der Waals surface area contributed by atoms with Crippen LogP contribution in [0, 0.1) is 11.6 Å². The Labute approximate surface area is 268 Å².